The van der Waals surface area contributed by atoms with E-state index in [1.165, 1.54) is 5.56 Å². The molecule has 23 heavy (non-hydrogen) atoms. The van der Waals surface area contributed by atoms with Gasteiger partial charge in [-0.1, -0.05) is 26.8 Å². The highest BCUT2D eigenvalue weighted by Crippen LogP contribution is 2.32. The number of ketones is 1. The molecule has 1 heterocycles. The molecule has 1 fully saturated rings. The van der Waals surface area contributed by atoms with Gasteiger partial charge in [-0.25, -0.2) is 0 Å². The number of hydrogen-bond acceptors (Lipinski definition) is 4. The summed E-state index contributed by atoms with van der Waals surface area (Å²) in [5, 5.41) is 10.6. The first-order chi connectivity index (χ1) is 10.8. The lowest BCUT2D eigenvalue weighted by Gasteiger charge is -2.27. The Morgan fingerprint density at radius 3 is 2.48 bits per heavy atom. The molecule has 4 heteroatoms. The minimum absolute atomic E-state index is 0.0357. The highest BCUT2D eigenvalue weighted by molar-refractivity contribution is 5.79. The monoisotopic (exact) mass is 319 g/mol. The number of methoxy groups -OCH3 is 1. The van der Waals surface area contributed by atoms with Crippen LogP contribution in [0.25, 0.3) is 0 Å². The van der Waals surface area contributed by atoms with Crippen molar-refractivity contribution in [1.29, 1.82) is 0 Å². The van der Waals surface area contributed by atoms with Gasteiger partial charge in [-0.05, 0) is 29.5 Å². The third kappa shape index (κ3) is 4.79. The Kier molecular flexibility index (Phi) is 5.82. The van der Waals surface area contributed by atoms with Crippen LogP contribution >= 0.6 is 0 Å². The molecule has 1 aliphatic heterocycles. The van der Waals surface area contributed by atoms with E-state index in [-0.39, 0.29) is 5.41 Å². The van der Waals surface area contributed by atoms with Crippen LogP contribution in [-0.4, -0.2) is 42.5 Å². The number of likely N-dealkylation sites (tertiary alicyclic amines) is 1. The number of hydrogen-bond donors (Lipinski definition) is 1. The third-order valence-corrected chi connectivity index (χ3v) is 4.59. The molecular formula is C19H29NO3. The normalized spacial score (nSPS) is 18.0. The Labute approximate surface area is 139 Å². The lowest BCUT2D eigenvalue weighted by atomic mass is 9.85. The number of carbonyl (C=O) groups excluding carboxylic acids is 1. The van der Waals surface area contributed by atoms with Gasteiger partial charge >= 0.3 is 0 Å². The fourth-order valence-electron chi connectivity index (χ4n) is 2.95. The zero-order chi connectivity index (χ0) is 17.0. The number of aliphatic hydroxyl groups is 1. The van der Waals surface area contributed by atoms with Crippen molar-refractivity contribution in [2.45, 2.75) is 51.6 Å². The first kappa shape index (κ1) is 18.0. The molecule has 1 N–H and O–H groups in total. The smallest absolute Gasteiger partial charge is 0.135 e. The van der Waals surface area contributed by atoms with Crippen LogP contribution in [0.5, 0.6) is 5.75 Å². The molecule has 0 radical (unpaired) electrons. The molecule has 4 nitrogen and oxygen atoms in total. The molecule has 128 valence electrons. The molecule has 0 aromatic heterocycles. The van der Waals surface area contributed by atoms with E-state index in [0.29, 0.717) is 25.0 Å². The van der Waals surface area contributed by atoms with Crippen molar-refractivity contribution >= 4 is 5.78 Å². The minimum Gasteiger partial charge on any atom is -0.496 e. The molecule has 1 aliphatic rings. The Bertz CT molecular complexity index is 538. The number of aliphatic hydroxyl groups excluding tert-OH is 1. The lowest BCUT2D eigenvalue weighted by Crippen LogP contribution is -2.35. The maximum atomic E-state index is 11.3. The van der Waals surface area contributed by atoms with E-state index in [9.17, 15) is 9.90 Å². The molecule has 2 rings (SSSR count). The highest BCUT2D eigenvalue weighted by atomic mass is 16.5. The van der Waals surface area contributed by atoms with Crippen LogP contribution in [0.1, 0.15) is 57.3 Å². The van der Waals surface area contributed by atoms with Crippen LogP contribution in [0.15, 0.2) is 18.2 Å². The fourth-order valence-corrected chi connectivity index (χ4v) is 2.95. The Balaban J connectivity index is 2.05. The summed E-state index contributed by atoms with van der Waals surface area (Å²) in [7, 11) is 1.64. The van der Waals surface area contributed by atoms with Gasteiger partial charge in [0.1, 0.15) is 11.5 Å². The van der Waals surface area contributed by atoms with Gasteiger partial charge in [0, 0.05) is 38.0 Å². The number of piperidine rings is 1. The van der Waals surface area contributed by atoms with Crippen LogP contribution < -0.4 is 4.74 Å². The average molecular weight is 319 g/mol. The van der Waals surface area contributed by atoms with Gasteiger partial charge in [-0.3, -0.25) is 4.79 Å². The largest absolute Gasteiger partial charge is 0.496 e. The van der Waals surface area contributed by atoms with E-state index >= 15 is 0 Å². The Morgan fingerprint density at radius 1 is 1.26 bits per heavy atom. The number of carbonyl (C=O) groups is 1. The summed E-state index contributed by atoms with van der Waals surface area (Å²) in [4.78, 5) is 13.5. The van der Waals surface area contributed by atoms with E-state index in [4.69, 9.17) is 4.74 Å². The number of benzene rings is 1. The summed E-state index contributed by atoms with van der Waals surface area (Å²) < 4.78 is 5.42. The highest BCUT2D eigenvalue weighted by Gasteiger charge is 2.21. The van der Waals surface area contributed by atoms with Crippen molar-refractivity contribution in [2.24, 2.45) is 0 Å². The van der Waals surface area contributed by atoms with Crippen molar-refractivity contribution in [1.82, 2.24) is 4.90 Å². The second-order valence-electron chi connectivity index (χ2n) is 7.39. The van der Waals surface area contributed by atoms with Crippen molar-refractivity contribution in [3.63, 3.8) is 0 Å². The van der Waals surface area contributed by atoms with Crippen LogP contribution in [0.2, 0.25) is 0 Å². The molecular weight excluding hydrogens is 290 g/mol. The Morgan fingerprint density at radius 2 is 1.91 bits per heavy atom. The zero-order valence-electron chi connectivity index (χ0n) is 14.8. The van der Waals surface area contributed by atoms with Gasteiger partial charge < -0.3 is 14.7 Å². The minimum atomic E-state index is -0.551. The lowest BCUT2D eigenvalue weighted by molar-refractivity contribution is -0.121. The molecule has 0 aliphatic carbocycles. The van der Waals surface area contributed by atoms with Crippen LogP contribution in [-0.2, 0) is 10.2 Å². The molecule has 1 unspecified atom stereocenters. The van der Waals surface area contributed by atoms with E-state index in [2.05, 4.69) is 37.8 Å². The first-order valence-electron chi connectivity index (χ1n) is 8.42. The van der Waals surface area contributed by atoms with Gasteiger partial charge in [-0.15, -0.1) is 0 Å². The van der Waals surface area contributed by atoms with Gasteiger partial charge in [-0.2, -0.15) is 0 Å². The number of ether oxygens (including phenoxy) is 1. The number of nitrogens with zero attached hydrogens (tertiary/aromatic N) is 1. The molecule has 0 bridgehead atoms. The maximum absolute atomic E-state index is 11.3. The molecule has 0 spiro atoms. The summed E-state index contributed by atoms with van der Waals surface area (Å²) >= 11 is 0. The van der Waals surface area contributed by atoms with Crippen molar-refractivity contribution in [3.05, 3.63) is 29.3 Å². The van der Waals surface area contributed by atoms with E-state index in [0.717, 1.165) is 30.9 Å². The van der Waals surface area contributed by atoms with E-state index in [1.54, 1.807) is 7.11 Å². The number of Topliss-reactive ketones (excluding diaryl/α,β-unsaturated/α-hetero) is 1. The van der Waals surface area contributed by atoms with Gasteiger partial charge in [0.25, 0.3) is 0 Å². The van der Waals surface area contributed by atoms with Crippen LogP contribution in [0, 0.1) is 0 Å². The summed E-state index contributed by atoms with van der Waals surface area (Å²) in [6, 6.07) is 6.06. The van der Waals surface area contributed by atoms with Crippen molar-refractivity contribution < 1.29 is 14.6 Å². The van der Waals surface area contributed by atoms with Gasteiger partial charge in [0.15, 0.2) is 0 Å². The van der Waals surface area contributed by atoms with E-state index in [1.807, 2.05) is 6.07 Å². The van der Waals surface area contributed by atoms with Gasteiger partial charge in [0.05, 0.1) is 13.2 Å². The zero-order valence-corrected chi connectivity index (χ0v) is 14.8. The maximum Gasteiger partial charge on any atom is 0.135 e. The first-order valence-corrected chi connectivity index (χ1v) is 8.42. The number of rotatable bonds is 5. The van der Waals surface area contributed by atoms with Crippen molar-refractivity contribution in [2.75, 3.05) is 26.7 Å². The molecule has 0 amide bonds. The van der Waals surface area contributed by atoms with Crippen LogP contribution in [0.3, 0.4) is 0 Å². The fraction of sp³-hybridized carbons (Fsp3) is 0.632. The Hall–Kier alpha value is -1.39. The predicted molar refractivity (Wildman–Crippen MR) is 92.0 cm³/mol. The molecule has 1 aromatic rings. The van der Waals surface area contributed by atoms with Crippen molar-refractivity contribution in [3.8, 4) is 5.75 Å². The standard InChI is InChI=1S/C19H29NO3/c1-19(2,3)14-5-6-18(23-4)16(13-14)17(22)9-12-20-10-7-15(21)8-11-20/h5-6,13,17,22H,7-12H2,1-4H3. The quantitative estimate of drug-likeness (QED) is 0.906. The predicted octanol–water partition coefficient (Wildman–Crippen LogP) is 3.08. The summed E-state index contributed by atoms with van der Waals surface area (Å²) in [5.74, 6) is 1.08. The average Bonchev–Trinajstić information content (AvgIpc) is 2.52. The summed E-state index contributed by atoms with van der Waals surface area (Å²) in [6.07, 6.45) is 1.38. The molecule has 1 saturated heterocycles. The molecule has 1 aromatic carbocycles. The van der Waals surface area contributed by atoms with E-state index < -0.39 is 6.10 Å². The summed E-state index contributed by atoms with van der Waals surface area (Å²) in [5.41, 5.74) is 2.08. The second-order valence-corrected chi connectivity index (χ2v) is 7.39. The van der Waals surface area contributed by atoms with Gasteiger partial charge in [0.2, 0.25) is 0 Å². The molecule has 0 saturated carbocycles. The topological polar surface area (TPSA) is 49.8 Å². The summed E-state index contributed by atoms with van der Waals surface area (Å²) in [6.45, 7) is 8.91. The SMILES string of the molecule is COc1ccc(C(C)(C)C)cc1C(O)CCN1CCC(=O)CC1. The second kappa shape index (κ2) is 7.45. The van der Waals surface area contributed by atoms with Crippen LogP contribution in [0.4, 0.5) is 0 Å². The molecule has 1 atom stereocenters. The third-order valence-electron chi connectivity index (χ3n) is 4.59.